The highest BCUT2D eigenvalue weighted by Crippen LogP contribution is 2.36. The largest absolute Gasteiger partial charge is 0.389 e. The van der Waals surface area contributed by atoms with Crippen molar-refractivity contribution < 1.29 is 9.84 Å². The molecule has 0 spiro atoms. The monoisotopic (exact) mass is 211 g/mol. The van der Waals surface area contributed by atoms with Gasteiger partial charge in [-0.2, -0.15) is 5.10 Å². The predicted molar refractivity (Wildman–Crippen MR) is 54.3 cm³/mol. The highest BCUT2D eigenvalue weighted by molar-refractivity contribution is 5.02. The van der Waals surface area contributed by atoms with E-state index < -0.39 is 5.60 Å². The molecule has 1 N–H and O–H groups in total. The number of hydrogen-bond donors (Lipinski definition) is 1. The maximum Gasteiger partial charge on any atom is 0.138 e. The summed E-state index contributed by atoms with van der Waals surface area (Å²) in [6.07, 6.45) is 3.69. The Kier molecular flexibility index (Phi) is 2.75. The summed E-state index contributed by atoms with van der Waals surface area (Å²) in [6.45, 7) is 2.69. The molecule has 0 unspecified atom stereocenters. The fourth-order valence-electron chi connectivity index (χ4n) is 2.06. The lowest BCUT2D eigenvalue weighted by Gasteiger charge is -2.42. The first-order chi connectivity index (χ1) is 7.13. The molecule has 0 saturated heterocycles. The van der Waals surface area contributed by atoms with Crippen LogP contribution >= 0.6 is 0 Å². The maximum atomic E-state index is 10.1. The minimum atomic E-state index is -0.638. The molecule has 0 atom stereocenters. The molecule has 1 aliphatic carbocycles. The summed E-state index contributed by atoms with van der Waals surface area (Å²) in [5.41, 5.74) is -0.638. The van der Waals surface area contributed by atoms with E-state index in [0.29, 0.717) is 25.9 Å². The second kappa shape index (κ2) is 3.90. The third kappa shape index (κ3) is 2.18. The van der Waals surface area contributed by atoms with Crippen molar-refractivity contribution in [2.24, 2.45) is 7.05 Å². The van der Waals surface area contributed by atoms with Gasteiger partial charge in [0.05, 0.1) is 11.7 Å². The van der Waals surface area contributed by atoms with Gasteiger partial charge in [-0.25, -0.2) is 4.98 Å². The van der Waals surface area contributed by atoms with Gasteiger partial charge in [-0.1, -0.05) is 0 Å². The number of nitrogens with zero attached hydrogens (tertiary/aromatic N) is 3. The van der Waals surface area contributed by atoms with Crippen molar-refractivity contribution in [3.05, 3.63) is 12.2 Å². The van der Waals surface area contributed by atoms with Crippen molar-refractivity contribution in [1.82, 2.24) is 14.8 Å². The Morgan fingerprint density at radius 2 is 2.40 bits per heavy atom. The molecule has 0 bridgehead atoms. The summed E-state index contributed by atoms with van der Waals surface area (Å²) < 4.78 is 7.12. The standard InChI is InChI=1S/C10H17N3O2/c1-3-15-8-4-10(14,5-8)6-9-11-7-12-13(9)2/h7-8,14H,3-6H2,1-2H3. The SMILES string of the molecule is CCOC1CC(O)(Cc2ncnn2C)C1. The first kappa shape index (κ1) is 10.6. The Morgan fingerprint density at radius 3 is 2.93 bits per heavy atom. The van der Waals surface area contributed by atoms with Gasteiger partial charge in [0.2, 0.25) is 0 Å². The van der Waals surface area contributed by atoms with E-state index in [4.69, 9.17) is 4.74 Å². The molecule has 0 amide bonds. The van der Waals surface area contributed by atoms with Crippen molar-refractivity contribution in [1.29, 1.82) is 0 Å². The first-order valence-electron chi connectivity index (χ1n) is 5.30. The summed E-state index contributed by atoms with van der Waals surface area (Å²) in [6, 6.07) is 0. The molecule has 84 valence electrons. The third-order valence-corrected chi connectivity index (χ3v) is 2.91. The van der Waals surface area contributed by atoms with E-state index in [9.17, 15) is 5.11 Å². The van der Waals surface area contributed by atoms with Crippen LogP contribution in [0.15, 0.2) is 6.33 Å². The zero-order chi connectivity index (χ0) is 10.9. The summed E-state index contributed by atoms with van der Waals surface area (Å²) in [4.78, 5) is 4.10. The minimum Gasteiger partial charge on any atom is -0.389 e. The van der Waals surface area contributed by atoms with Gasteiger partial charge in [0.25, 0.3) is 0 Å². The Labute approximate surface area is 89.1 Å². The average Bonchev–Trinajstić information content (AvgIpc) is 2.50. The van der Waals surface area contributed by atoms with E-state index in [-0.39, 0.29) is 6.10 Å². The Bertz CT molecular complexity index is 331. The maximum absolute atomic E-state index is 10.1. The van der Waals surface area contributed by atoms with E-state index in [2.05, 4.69) is 10.1 Å². The fourth-order valence-corrected chi connectivity index (χ4v) is 2.06. The van der Waals surface area contributed by atoms with Crippen molar-refractivity contribution >= 4 is 0 Å². The number of aliphatic hydroxyl groups is 1. The van der Waals surface area contributed by atoms with Gasteiger partial charge in [-0.05, 0) is 6.92 Å². The van der Waals surface area contributed by atoms with Gasteiger partial charge in [-0.15, -0.1) is 0 Å². The van der Waals surface area contributed by atoms with Crippen LogP contribution in [0.5, 0.6) is 0 Å². The summed E-state index contributed by atoms with van der Waals surface area (Å²) >= 11 is 0. The quantitative estimate of drug-likeness (QED) is 0.777. The van der Waals surface area contributed by atoms with E-state index in [0.717, 1.165) is 5.82 Å². The molecule has 15 heavy (non-hydrogen) atoms. The van der Waals surface area contributed by atoms with Crippen molar-refractivity contribution in [3.63, 3.8) is 0 Å². The average molecular weight is 211 g/mol. The lowest BCUT2D eigenvalue weighted by Crippen LogP contribution is -2.50. The first-order valence-corrected chi connectivity index (χ1v) is 5.30. The second-order valence-electron chi connectivity index (χ2n) is 4.19. The zero-order valence-electron chi connectivity index (χ0n) is 9.18. The number of ether oxygens (including phenoxy) is 1. The molecular formula is C10H17N3O2. The predicted octanol–water partition coefficient (Wildman–Crippen LogP) is 0.288. The van der Waals surface area contributed by atoms with Gasteiger partial charge in [0.15, 0.2) is 0 Å². The van der Waals surface area contributed by atoms with E-state index >= 15 is 0 Å². The number of aryl methyl sites for hydroxylation is 1. The van der Waals surface area contributed by atoms with Crippen LogP contribution in [0.3, 0.4) is 0 Å². The molecule has 0 radical (unpaired) electrons. The van der Waals surface area contributed by atoms with Gasteiger partial charge in [0, 0.05) is 32.9 Å². The molecule has 1 aromatic heterocycles. The molecule has 0 aliphatic heterocycles. The molecule has 1 aliphatic rings. The van der Waals surface area contributed by atoms with Crippen molar-refractivity contribution in [3.8, 4) is 0 Å². The molecule has 0 aromatic carbocycles. The second-order valence-corrected chi connectivity index (χ2v) is 4.19. The van der Waals surface area contributed by atoms with E-state index in [1.807, 2.05) is 14.0 Å². The molecule has 1 fully saturated rings. The van der Waals surface area contributed by atoms with Gasteiger partial charge in [0.1, 0.15) is 12.2 Å². The van der Waals surface area contributed by atoms with Crippen LogP contribution in [-0.2, 0) is 18.2 Å². The van der Waals surface area contributed by atoms with Crippen LogP contribution in [0.25, 0.3) is 0 Å². The molecule has 2 rings (SSSR count). The fraction of sp³-hybridized carbons (Fsp3) is 0.800. The molecule has 5 heteroatoms. The van der Waals surface area contributed by atoms with Crippen molar-refractivity contribution in [2.75, 3.05) is 6.61 Å². The summed E-state index contributed by atoms with van der Waals surface area (Å²) in [5.74, 6) is 0.826. The molecule has 1 heterocycles. The molecule has 1 saturated carbocycles. The normalized spacial score (nSPS) is 30.2. The van der Waals surface area contributed by atoms with Gasteiger partial charge in [-0.3, -0.25) is 4.68 Å². The topological polar surface area (TPSA) is 60.2 Å². The van der Waals surface area contributed by atoms with Crippen LogP contribution in [0.1, 0.15) is 25.6 Å². The Hall–Kier alpha value is -0.940. The molecule has 5 nitrogen and oxygen atoms in total. The van der Waals surface area contributed by atoms with Crippen LogP contribution in [0, 0.1) is 0 Å². The van der Waals surface area contributed by atoms with E-state index in [1.165, 1.54) is 6.33 Å². The minimum absolute atomic E-state index is 0.216. The highest BCUT2D eigenvalue weighted by Gasteiger charge is 2.43. The smallest absolute Gasteiger partial charge is 0.138 e. The molecular weight excluding hydrogens is 194 g/mol. The number of aromatic nitrogens is 3. The van der Waals surface area contributed by atoms with Crippen LogP contribution in [-0.4, -0.2) is 38.2 Å². The number of rotatable bonds is 4. The lowest BCUT2D eigenvalue weighted by atomic mass is 9.75. The summed E-state index contributed by atoms with van der Waals surface area (Å²) in [7, 11) is 1.84. The van der Waals surface area contributed by atoms with Gasteiger partial charge >= 0.3 is 0 Å². The van der Waals surface area contributed by atoms with Crippen LogP contribution < -0.4 is 0 Å². The number of hydrogen-bond acceptors (Lipinski definition) is 4. The molecule has 1 aromatic rings. The third-order valence-electron chi connectivity index (χ3n) is 2.91. The Morgan fingerprint density at radius 1 is 1.67 bits per heavy atom. The zero-order valence-corrected chi connectivity index (χ0v) is 9.18. The Balaban J connectivity index is 1.89. The van der Waals surface area contributed by atoms with Crippen molar-refractivity contribution in [2.45, 2.75) is 37.9 Å². The highest BCUT2D eigenvalue weighted by atomic mass is 16.5. The lowest BCUT2D eigenvalue weighted by molar-refractivity contribution is -0.137. The van der Waals surface area contributed by atoms with E-state index in [1.54, 1.807) is 4.68 Å². The summed E-state index contributed by atoms with van der Waals surface area (Å²) in [5, 5.41) is 14.1. The van der Waals surface area contributed by atoms with Crippen LogP contribution in [0.2, 0.25) is 0 Å². The van der Waals surface area contributed by atoms with Crippen LogP contribution in [0.4, 0.5) is 0 Å². The van der Waals surface area contributed by atoms with Gasteiger partial charge < -0.3 is 9.84 Å².